The first-order valence-corrected chi connectivity index (χ1v) is 9.35. The molecule has 2 heterocycles. The number of hydrogen-bond acceptors (Lipinski definition) is 5. The first kappa shape index (κ1) is 19.4. The van der Waals surface area contributed by atoms with Crippen LogP contribution in [0.4, 0.5) is 0 Å². The predicted molar refractivity (Wildman–Crippen MR) is 102 cm³/mol. The van der Waals surface area contributed by atoms with E-state index in [4.69, 9.17) is 13.9 Å². The van der Waals surface area contributed by atoms with Crippen LogP contribution in [0.5, 0.6) is 5.75 Å². The third kappa shape index (κ3) is 4.33. The van der Waals surface area contributed by atoms with Crippen LogP contribution in [0.1, 0.15) is 49.8 Å². The molecule has 1 aromatic heterocycles. The van der Waals surface area contributed by atoms with E-state index in [0.29, 0.717) is 18.9 Å². The van der Waals surface area contributed by atoms with Crippen molar-refractivity contribution in [2.45, 2.75) is 44.6 Å². The van der Waals surface area contributed by atoms with Gasteiger partial charge < -0.3 is 18.8 Å². The number of likely N-dealkylation sites (tertiary alicyclic amines) is 1. The van der Waals surface area contributed by atoms with E-state index in [2.05, 4.69) is 4.98 Å². The number of ether oxygens (including phenoxy) is 2. The third-order valence-corrected chi connectivity index (χ3v) is 5.21. The van der Waals surface area contributed by atoms with Gasteiger partial charge in [-0.1, -0.05) is 18.2 Å². The second-order valence-electron chi connectivity index (χ2n) is 7.46. The summed E-state index contributed by atoms with van der Waals surface area (Å²) in [7, 11) is 3.23. The Balaban J connectivity index is 1.70. The van der Waals surface area contributed by atoms with Gasteiger partial charge in [-0.15, -0.1) is 0 Å². The van der Waals surface area contributed by atoms with Crippen LogP contribution in [0.15, 0.2) is 34.9 Å². The molecule has 0 unspecified atom stereocenters. The number of methoxy groups -OCH3 is 2. The molecule has 1 aliphatic heterocycles. The Morgan fingerprint density at radius 1 is 1.33 bits per heavy atom. The Hall–Kier alpha value is -2.34. The summed E-state index contributed by atoms with van der Waals surface area (Å²) in [4.78, 5) is 19.0. The van der Waals surface area contributed by atoms with Gasteiger partial charge in [0.05, 0.1) is 19.2 Å². The first-order chi connectivity index (χ1) is 12.9. The molecule has 1 fully saturated rings. The first-order valence-electron chi connectivity index (χ1n) is 9.35. The van der Waals surface area contributed by atoms with Crippen molar-refractivity contribution < 1.29 is 18.7 Å². The Morgan fingerprint density at radius 3 is 2.85 bits per heavy atom. The number of hydrogen-bond donors (Lipinski definition) is 0. The zero-order valence-electron chi connectivity index (χ0n) is 16.5. The second kappa shape index (κ2) is 8.13. The zero-order chi connectivity index (χ0) is 19.4. The van der Waals surface area contributed by atoms with Crippen molar-refractivity contribution in [3.8, 4) is 5.75 Å². The van der Waals surface area contributed by atoms with Gasteiger partial charge in [-0.25, -0.2) is 4.98 Å². The normalized spacial score (nSPS) is 17.8. The average Bonchev–Trinajstić information content (AvgIpc) is 3.16. The Bertz CT molecular complexity index is 784. The smallest absolute Gasteiger partial charge is 0.254 e. The van der Waals surface area contributed by atoms with Crippen LogP contribution in [0.3, 0.4) is 0 Å². The van der Waals surface area contributed by atoms with E-state index in [1.807, 2.05) is 29.2 Å². The van der Waals surface area contributed by atoms with Crippen LogP contribution in [0, 0.1) is 0 Å². The van der Waals surface area contributed by atoms with Crippen molar-refractivity contribution in [2.75, 3.05) is 27.3 Å². The minimum Gasteiger partial charge on any atom is -0.496 e. The van der Waals surface area contributed by atoms with Crippen molar-refractivity contribution in [1.29, 1.82) is 0 Å². The second-order valence-corrected chi connectivity index (χ2v) is 7.46. The SMILES string of the molecule is COc1ccccc1Cc1cnc([C@@H]2CCCN(C(=O)C(C)(C)OC)C2)o1. The fraction of sp³-hybridized carbons (Fsp3) is 0.524. The van der Waals surface area contributed by atoms with Crippen molar-refractivity contribution in [1.82, 2.24) is 9.88 Å². The summed E-state index contributed by atoms with van der Waals surface area (Å²) in [6, 6.07) is 7.89. The van der Waals surface area contributed by atoms with Gasteiger partial charge in [0.25, 0.3) is 5.91 Å². The van der Waals surface area contributed by atoms with Crippen molar-refractivity contribution in [3.63, 3.8) is 0 Å². The molecule has 2 aromatic rings. The molecule has 27 heavy (non-hydrogen) atoms. The highest BCUT2D eigenvalue weighted by molar-refractivity contribution is 5.84. The van der Waals surface area contributed by atoms with E-state index < -0.39 is 5.60 Å². The summed E-state index contributed by atoms with van der Waals surface area (Å²) in [5.41, 5.74) is 0.248. The highest BCUT2D eigenvalue weighted by atomic mass is 16.5. The molecule has 6 nitrogen and oxygen atoms in total. The van der Waals surface area contributed by atoms with E-state index in [-0.39, 0.29) is 11.8 Å². The van der Waals surface area contributed by atoms with Gasteiger partial charge in [0.1, 0.15) is 17.1 Å². The van der Waals surface area contributed by atoms with E-state index in [1.54, 1.807) is 34.3 Å². The van der Waals surface area contributed by atoms with Gasteiger partial charge in [-0.3, -0.25) is 4.79 Å². The van der Waals surface area contributed by atoms with Crippen LogP contribution in [0.2, 0.25) is 0 Å². The Labute approximate surface area is 160 Å². The van der Waals surface area contributed by atoms with Gasteiger partial charge >= 0.3 is 0 Å². The maximum absolute atomic E-state index is 12.7. The van der Waals surface area contributed by atoms with Crippen molar-refractivity contribution in [2.24, 2.45) is 0 Å². The lowest BCUT2D eigenvalue weighted by Crippen LogP contribution is -2.49. The lowest BCUT2D eigenvalue weighted by molar-refractivity contribution is -0.152. The molecule has 1 aliphatic rings. The molecule has 1 aromatic carbocycles. The van der Waals surface area contributed by atoms with Gasteiger partial charge in [0.2, 0.25) is 0 Å². The monoisotopic (exact) mass is 372 g/mol. The number of para-hydroxylation sites is 1. The summed E-state index contributed by atoms with van der Waals surface area (Å²) in [5, 5.41) is 0. The van der Waals surface area contributed by atoms with Gasteiger partial charge in [-0.2, -0.15) is 0 Å². The molecule has 0 bridgehead atoms. The number of amides is 1. The topological polar surface area (TPSA) is 64.8 Å². The van der Waals surface area contributed by atoms with Crippen molar-refractivity contribution >= 4 is 5.91 Å². The molecule has 6 heteroatoms. The largest absolute Gasteiger partial charge is 0.496 e. The highest BCUT2D eigenvalue weighted by Gasteiger charge is 2.35. The summed E-state index contributed by atoms with van der Waals surface area (Å²) in [6.07, 6.45) is 4.30. The fourth-order valence-corrected chi connectivity index (χ4v) is 3.46. The van der Waals surface area contributed by atoms with Crippen molar-refractivity contribution in [3.05, 3.63) is 47.7 Å². The Morgan fingerprint density at radius 2 is 2.11 bits per heavy atom. The quantitative estimate of drug-likeness (QED) is 0.777. The molecule has 1 saturated heterocycles. The molecule has 1 amide bonds. The molecule has 1 atom stereocenters. The minimum absolute atomic E-state index is 0.00972. The predicted octanol–water partition coefficient (Wildman–Crippen LogP) is 3.41. The number of carbonyl (C=O) groups excluding carboxylic acids is 1. The molecule has 0 aliphatic carbocycles. The molecule has 0 spiro atoms. The van der Waals surface area contributed by atoms with E-state index in [1.165, 1.54) is 0 Å². The molecule has 3 rings (SSSR count). The standard InChI is InChI=1S/C21H28N2O4/c1-21(2,26-4)20(24)23-11-7-9-16(14-23)19-22-13-17(27-19)12-15-8-5-6-10-18(15)25-3/h5-6,8,10,13,16H,7,9,11-12,14H2,1-4H3/t16-/m1/s1. The lowest BCUT2D eigenvalue weighted by atomic mass is 9.96. The summed E-state index contributed by atoms with van der Waals surface area (Å²) >= 11 is 0. The molecule has 146 valence electrons. The summed E-state index contributed by atoms with van der Waals surface area (Å²) in [6.45, 7) is 4.96. The minimum atomic E-state index is -0.812. The van der Waals surface area contributed by atoms with Gasteiger partial charge in [-0.05, 0) is 32.8 Å². The summed E-state index contributed by atoms with van der Waals surface area (Å²) < 4.78 is 16.8. The fourth-order valence-electron chi connectivity index (χ4n) is 3.46. The number of oxazole rings is 1. The lowest BCUT2D eigenvalue weighted by Gasteiger charge is -2.36. The third-order valence-electron chi connectivity index (χ3n) is 5.21. The number of piperidine rings is 1. The number of benzene rings is 1. The van der Waals surface area contributed by atoms with Crippen LogP contribution < -0.4 is 4.74 Å². The van der Waals surface area contributed by atoms with E-state index in [0.717, 1.165) is 36.5 Å². The molecule has 0 saturated carbocycles. The zero-order valence-corrected chi connectivity index (χ0v) is 16.5. The number of carbonyl (C=O) groups is 1. The summed E-state index contributed by atoms with van der Waals surface area (Å²) in [5.74, 6) is 2.46. The van der Waals surface area contributed by atoms with E-state index in [9.17, 15) is 4.79 Å². The molecule has 0 N–H and O–H groups in total. The molecule has 0 radical (unpaired) electrons. The molecular formula is C21H28N2O4. The number of nitrogens with zero attached hydrogens (tertiary/aromatic N) is 2. The van der Waals surface area contributed by atoms with Gasteiger partial charge in [0, 0.05) is 32.2 Å². The van der Waals surface area contributed by atoms with E-state index >= 15 is 0 Å². The van der Waals surface area contributed by atoms with Crippen LogP contribution in [-0.2, 0) is 16.0 Å². The van der Waals surface area contributed by atoms with Crippen LogP contribution in [0.25, 0.3) is 0 Å². The number of aromatic nitrogens is 1. The average molecular weight is 372 g/mol. The maximum Gasteiger partial charge on any atom is 0.254 e. The maximum atomic E-state index is 12.7. The highest BCUT2D eigenvalue weighted by Crippen LogP contribution is 2.29. The van der Waals surface area contributed by atoms with Gasteiger partial charge in [0.15, 0.2) is 5.89 Å². The van der Waals surface area contributed by atoms with Crippen LogP contribution >= 0.6 is 0 Å². The number of rotatable bonds is 6. The van der Waals surface area contributed by atoms with Crippen LogP contribution in [-0.4, -0.2) is 48.7 Å². The Kier molecular flexibility index (Phi) is 5.85. The molecular weight excluding hydrogens is 344 g/mol.